The van der Waals surface area contributed by atoms with E-state index in [9.17, 15) is 8.96 Å². The molecule has 0 unspecified atom stereocenters. The van der Waals surface area contributed by atoms with Crippen LogP contribution in [-0.4, -0.2) is 0 Å². The number of rotatable bonds is 1. The molecule has 0 aliphatic heterocycles. The van der Waals surface area contributed by atoms with Crippen LogP contribution in [0.3, 0.4) is 0 Å². The van der Waals surface area contributed by atoms with Crippen molar-refractivity contribution in [3.63, 3.8) is 0 Å². The van der Waals surface area contributed by atoms with E-state index in [2.05, 4.69) is 0 Å². The predicted octanol–water partition coefficient (Wildman–Crippen LogP) is 2.87. The van der Waals surface area contributed by atoms with Gasteiger partial charge in [0.05, 0.1) is 0 Å². The molecule has 0 fully saturated rings. The molecule has 0 heterocycles. The van der Waals surface area contributed by atoms with Crippen LogP contribution < -0.4 is 5.34 Å². The van der Waals surface area contributed by atoms with Crippen LogP contribution in [0.25, 0.3) is 0 Å². The molecular weight excluding hydrogens is 251 g/mol. The molecule has 0 saturated carbocycles. The van der Waals surface area contributed by atoms with Crippen molar-refractivity contribution in [3.05, 3.63) is 27.8 Å². The highest BCUT2D eigenvalue weighted by atomic mass is 127. The van der Waals surface area contributed by atoms with Gasteiger partial charge in [-0.2, -0.15) is 0 Å². The van der Waals surface area contributed by atoms with Crippen LogP contribution in [0.2, 0.25) is 0 Å². The van der Waals surface area contributed by atoms with Crippen molar-refractivity contribution in [2.75, 3.05) is 5.34 Å². The van der Waals surface area contributed by atoms with Gasteiger partial charge in [0.2, 0.25) is 0 Å². The Morgan fingerprint density at radius 3 is 2.20 bits per heavy atom. The molecule has 0 amide bonds. The number of benzene rings is 1. The maximum Gasteiger partial charge on any atom is 0.118 e. The fourth-order valence-electron chi connectivity index (χ4n) is 0.589. The Balaban J connectivity index is 3.03. The van der Waals surface area contributed by atoms with E-state index >= 15 is 0 Å². The van der Waals surface area contributed by atoms with Crippen molar-refractivity contribution in [3.8, 4) is 0 Å². The normalized spacial score (nSPS) is 9.50. The summed E-state index contributed by atoms with van der Waals surface area (Å²) in [7, 11) is 0. The minimum Gasteiger partial charge on any atom is -0.0666 e. The van der Waals surface area contributed by atoms with Crippen molar-refractivity contribution in [2.45, 2.75) is 0 Å². The Bertz CT molecular complexity index is 227. The number of nitrogens with zero attached hydrogens (tertiary/aromatic N) is 1. The summed E-state index contributed by atoms with van der Waals surface area (Å²) in [5.41, 5.74) is -0.0527. The number of hydrogen-bond acceptors (Lipinski definition) is 1. The summed E-state index contributed by atoms with van der Waals surface area (Å²) in [5.74, 6) is 0. The van der Waals surface area contributed by atoms with Gasteiger partial charge in [-0.3, -0.25) is 0 Å². The quantitative estimate of drug-likeness (QED) is 0.551. The van der Waals surface area contributed by atoms with Crippen molar-refractivity contribution in [1.82, 2.24) is 0 Å². The first kappa shape index (κ1) is 7.71. The van der Waals surface area contributed by atoms with Gasteiger partial charge in [-0.15, -0.1) is 0 Å². The molecule has 0 spiro atoms. The van der Waals surface area contributed by atoms with E-state index < -0.39 is 5.34 Å². The van der Waals surface area contributed by atoms with E-state index in [1.165, 1.54) is 6.07 Å². The second kappa shape index (κ2) is 3.14. The van der Waals surface area contributed by atoms with Gasteiger partial charge in [-0.05, 0) is 40.1 Å². The SMILES string of the molecule is FN(F)c1ccccc1I. The average molecular weight is 255 g/mol. The van der Waals surface area contributed by atoms with Gasteiger partial charge in [0, 0.05) is 3.57 Å². The van der Waals surface area contributed by atoms with Crippen LogP contribution in [0, 0.1) is 3.57 Å². The maximum atomic E-state index is 11.9. The van der Waals surface area contributed by atoms with E-state index in [-0.39, 0.29) is 5.69 Å². The van der Waals surface area contributed by atoms with Crippen LogP contribution in [0.4, 0.5) is 14.6 Å². The third-order valence-electron chi connectivity index (χ3n) is 1.03. The summed E-state index contributed by atoms with van der Waals surface area (Å²) in [5, 5.41) is -0.887. The molecule has 1 aromatic rings. The summed E-state index contributed by atoms with van der Waals surface area (Å²) in [6, 6.07) is 6.28. The molecular formula is C6H4F2IN. The topological polar surface area (TPSA) is 3.24 Å². The Kier molecular flexibility index (Phi) is 2.42. The molecule has 10 heavy (non-hydrogen) atoms. The molecule has 4 heteroatoms. The van der Waals surface area contributed by atoms with E-state index in [0.29, 0.717) is 3.57 Å². The zero-order chi connectivity index (χ0) is 7.56. The highest BCUT2D eigenvalue weighted by molar-refractivity contribution is 14.1. The summed E-state index contributed by atoms with van der Waals surface area (Å²) in [4.78, 5) is 0. The molecule has 54 valence electrons. The molecule has 0 N–H and O–H groups in total. The summed E-state index contributed by atoms with van der Waals surface area (Å²) >= 11 is 1.85. The van der Waals surface area contributed by atoms with Crippen LogP contribution in [-0.2, 0) is 0 Å². The molecule has 0 saturated heterocycles. The summed E-state index contributed by atoms with van der Waals surface area (Å²) in [6.07, 6.45) is 0. The Morgan fingerprint density at radius 2 is 1.80 bits per heavy atom. The highest BCUT2D eigenvalue weighted by Crippen LogP contribution is 2.22. The summed E-state index contributed by atoms with van der Waals surface area (Å²) in [6.45, 7) is 0. The first-order valence-electron chi connectivity index (χ1n) is 2.58. The Hall–Kier alpha value is -0.390. The molecule has 1 rings (SSSR count). The van der Waals surface area contributed by atoms with Crippen molar-refractivity contribution >= 4 is 28.3 Å². The predicted molar refractivity (Wildman–Crippen MR) is 43.9 cm³/mol. The van der Waals surface area contributed by atoms with Crippen LogP contribution in [0.1, 0.15) is 0 Å². The highest BCUT2D eigenvalue weighted by Gasteiger charge is 2.05. The molecule has 0 aliphatic rings. The minimum atomic E-state index is -0.887. The molecule has 0 bridgehead atoms. The molecule has 0 radical (unpaired) electrons. The van der Waals surface area contributed by atoms with Crippen molar-refractivity contribution in [1.29, 1.82) is 0 Å². The lowest BCUT2D eigenvalue weighted by Gasteiger charge is -2.02. The number of hydrogen-bond donors (Lipinski definition) is 0. The zero-order valence-corrected chi connectivity index (χ0v) is 7.05. The van der Waals surface area contributed by atoms with Crippen molar-refractivity contribution in [2.24, 2.45) is 0 Å². The third kappa shape index (κ3) is 1.56. The first-order chi connectivity index (χ1) is 4.72. The van der Waals surface area contributed by atoms with E-state index in [0.717, 1.165) is 0 Å². The Morgan fingerprint density at radius 1 is 1.20 bits per heavy atom. The van der Waals surface area contributed by atoms with Gasteiger partial charge in [0.25, 0.3) is 0 Å². The lowest BCUT2D eigenvalue weighted by Crippen LogP contribution is -1.97. The van der Waals surface area contributed by atoms with E-state index in [1.54, 1.807) is 18.2 Å². The third-order valence-corrected chi connectivity index (χ3v) is 1.95. The minimum absolute atomic E-state index is 0.0527. The molecule has 1 nitrogen and oxygen atoms in total. The molecule has 0 aliphatic carbocycles. The van der Waals surface area contributed by atoms with Gasteiger partial charge < -0.3 is 0 Å². The molecule has 0 aromatic heterocycles. The van der Waals surface area contributed by atoms with Crippen LogP contribution in [0.15, 0.2) is 24.3 Å². The summed E-state index contributed by atoms with van der Waals surface area (Å²) < 4.78 is 24.3. The molecule has 1 aromatic carbocycles. The fraction of sp³-hybridized carbons (Fsp3) is 0. The smallest absolute Gasteiger partial charge is 0.0666 e. The largest absolute Gasteiger partial charge is 0.118 e. The van der Waals surface area contributed by atoms with Crippen LogP contribution >= 0.6 is 22.6 Å². The number of anilines is 1. The monoisotopic (exact) mass is 255 g/mol. The average Bonchev–Trinajstić information content (AvgIpc) is 1.88. The fourth-order valence-corrected chi connectivity index (χ4v) is 1.16. The first-order valence-corrected chi connectivity index (χ1v) is 3.66. The number of para-hydroxylation sites is 1. The zero-order valence-electron chi connectivity index (χ0n) is 4.89. The van der Waals surface area contributed by atoms with E-state index in [4.69, 9.17) is 0 Å². The lowest BCUT2D eigenvalue weighted by molar-refractivity contribution is 0.234. The molecule has 0 atom stereocenters. The lowest BCUT2D eigenvalue weighted by atomic mass is 10.3. The second-order valence-corrected chi connectivity index (χ2v) is 2.85. The van der Waals surface area contributed by atoms with Crippen molar-refractivity contribution < 1.29 is 8.96 Å². The van der Waals surface area contributed by atoms with Gasteiger partial charge in [0.1, 0.15) is 5.69 Å². The number of halogens is 3. The maximum absolute atomic E-state index is 11.9. The van der Waals surface area contributed by atoms with Gasteiger partial charge in [0.15, 0.2) is 0 Å². The van der Waals surface area contributed by atoms with Gasteiger partial charge in [-0.1, -0.05) is 21.1 Å². The standard InChI is InChI=1S/C6H4F2IN/c7-10(8)6-4-2-1-3-5(6)9/h1-4H. The van der Waals surface area contributed by atoms with Crippen LogP contribution in [0.5, 0.6) is 0 Å². The van der Waals surface area contributed by atoms with Gasteiger partial charge >= 0.3 is 0 Å². The second-order valence-electron chi connectivity index (χ2n) is 1.68. The Labute approximate surface area is 70.7 Å². The van der Waals surface area contributed by atoms with E-state index in [1.807, 2.05) is 22.6 Å². The van der Waals surface area contributed by atoms with Gasteiger partial charge in [-0.25, -0.2) is 0 Å².